The van der Waals surface area contributed by atoms with Gasteiger partial charge in [-0.3, -0.25) is 4.79 Å². The Morgan fingerprint density at radius 2 is 1.85 bits per heavy atom. The molecule has 1 aromatic carbocycles. The molecule has 0 radical (unpaired) electrons. The van der Waals surface area contributed by atoms with Gasteiger partial charge in [-0.15, -0.1) is 0 Å². The molecule has 1 amide bonds. The second-order valence-electron chi connectivity index (χ2n) is 7.90. The van der Waals surface area contributed by atoms with Crippen LogP contribution in [0.15, 0.2) is 36.4 Å². The maximum atomic E-state index is 13.0. The molecule has 1 saturated heterocycles. The summed E-state index contributed by atoms with van der Waals surface area (Å²) in [5.41, 5.74) is 1.43. The predicted molar refractivity (Wildman–Crippen MR) is 102 cm³/mol. The van der Waals surface area contributed by atoms with Crippen molar-refractivity contribution < 1.29 is 9.53 Å². The minimum Gasteiger partial charge on any atom is -0.380 e. The number of hydrogen-bond donors (Lipinski definition) is 0. The van der Waals surface area contributed by atoms with Gasteiger partial charge in [0.1, 0.15) is 5.69 Å². The van der Waals surface area contributed by atoms with Gasteiger partial charge in [0.2, 0.25) is 0 Å². The minimum atomic E-state index is 0.0560. The number of carbonyl (C=O) groups excluding carboxylic acids is 1. The molecular formula is C21H27N3O2. The van der Waals surface area contributed by atoms with E-state index in [9.17, 15) is 4.79 Å². The molecule has 2 heterocycles. The molecule has 0 spiro atoms. The number of likely N-dealkylation sites (N-methyl/N-ethyl adjacent to an activating group) is 1. The fourth-order valence-electron chi connectivity index (χ4n) is 4.70. The van der Waals surface area contributed by atoms with Crippen molar-refractivity contribution in [3.8, 4) is 0 Å². The average Bonchev–Trinajstić information content (AvgIpc) is 3.08. The molecule has 4 rings (SSSR count). The smallest absolute Gasteiger partial charge is 0.272 e. The van der Waals surface area contributed by atoms with E-state index < -0.39 is 0 Å². The lowest BCUT2D eigenvalue weighted by Gasteiger charge is -2.40. The van der Waals surface area contributed by atoms with Gasteiger partial charge in [-0.05, 0) is 50.9 Å². The second-order valence-corrected chi connectivity index (χ2v) is 7.90. The monoisotopic (exact) mass is 353 g/mol. The number of methoxy groups -OCH3 is 1. The van der Waals surface area contributed by atoms with Crippen molar-refractivity contribution >= 4 is 16.8 Å². The van der Waals surface area contributed by atoms with Crippen molar-refractivity contribution in [2.24, 2.45) is 11.8 Å². The van der Waals surface area contributed by atoms with E-state index in [4.69, 9.17) is 4.74 Å². The van der Waals surface area contributed by atoms with Gasteiger partial charge in [0, 0.05) is 31.6 Å². The van der Waals surface area contributed by atoms with E-state index in [0.717, 1.165) is 36.8 Å². The molecule has 2 aliphatic rings. The summed E-state index contributed by atoms with van der Waals surface area (Å²) in [6.07, 6.45) is 2.37. The van der Waals surface area contributed by atoms with Crippen LogP contribution in [0, 0.1) is 11.8 Å². The number of rotatable bonds is 3. The lowest BCUT2D eigenvalue weighted by molar-refractivity contribution is -0.0209. The first-order chi connectivity index (χ1) is 12.6. The number of benzene rings is 1. The molecule has 2 aromatic rings. The van der Waals surface area contributed by atoms with Crippen LogP contribution in [0.1, 0.15) is 23.3 Å². The van der Waals surface area contributed by atoms with Crippen LogP contribution in [0.25, 0.3) is 10.9 Å². The number of amides is 1. The maximum absolute atomic E-state index is 13.0. The third-order valence-electron chi connectivity index (χ3n) is 6.16. The lowest BCUT2D eigenvalue weighted by Crippen LogP contribution is -2.47. The van der Waals surface area contributed by atoms with E-state index in [1.165, 1.54) is 0 Å². The van der Waals surface area contributed by atoms with Crippen LogP contribution in [-0.4, -0.2) is 67.1 Å². The molecule has 1 aliphatic carbocycles. The normalized spacial score (nSPS) is 28.5. The fraction of sp³-hybridized carbons (Fsp3) is 0.524. The third kappa shape index (κ3) is 3.10. The van der Waals surface area contributed by atoms with Crippen molar-refractivity contribution in [1.29, 1.82) is 0 Å². The standard InChI is InChI=1S/C21H27N3O2/c1-23(2)19-10-15-12-24(13-16(15)11-20(19)26-3)21(25)18-9-8-14-6-4-5-7-17(14)22-18/h4-9,15-16,19-20H,10-13H2,1-3H3/t15-,16+,19-,20-/m1/s1. The molecular weight excluding hydrogens is 326 g/mol. The number of pyridine rings is 1. The Morgan fingerprint density at radius 1 is 1.12 bits per heavy atom. The molecule has 0 unspecified atom stereocenters. The molecule has 0 N–H and O–H groups in total. The first-order valence-electron chi connectivity index (χ1n) is 9.41. The molecule has 138 valence electrons. The summed E-state index contributed by atoms with van der Waals surface area (Å²) < 4.78 is 5.74. The SMILES string of the molecule is CO[C@@H]1C[C@H]2CN(C(=O)c3ccc4ccccc4n3)C[C@H]2C[C@H]1N(C)C. The quantitative estimate of drug-likeness (QED) is 0.851. The van der Waals surface area contributed by atoms with Crippen LogP contribution in [0.4, 0.5) is 0 Å². The summed E-state index contributed by atoms with van der Waals surface area (Å²) in [7, 11) is 6.04. The number of nitrogens with zero attached hydrogens (tertiary/aromatic N) is 3. The third-order valence-corrected chi connectivity index (χ3v) is 6.16. The van der Waals surface area contributed by atoms with Gasteiger partial charge in [-0.25, -0.2) is 4.98 Å². The Labute approximate surface area is 154 Å². The van der Waals surface area contributed by atoms with E-state index in [-0.39, 0.29) is 12.0 Å². The Morgan fingerprint density at radius 3 is 2.58 bits per heavy atom. The van der Waals surface area contributed by atoms with E-state index in [2.05, 4.69) is 24.0 Å². The van der Waals surface area contributed by atoms with Crippen LogP contribution in [0.2, 0.25) is 0 Å². The van der Waals surface area contributed by atoms with Crippen molar-refractivity contribution in [3.63, 3.8) is 0 Å². The zero-order chi connectivity index (χ0) is 18.3. The molecule has 5 nitrogen and oxygen atoms in total. The van der Waals surface area contributed by atoms with Gasteiger partial charge in [-0.2, -0.15) is 0 Å². The van der Waals surface area contributed by atoms with Crippen LogP contribution < -0.4 is 0 Å². The summed E-state index contributed by atoms with van der Waals surface area (Å²) in [5.74, 6) is 1.14. The summed E-state index contributed by atoms with van der Waals surface area (Å²) in [6, 6.07) is 12.2. The highest BCUT2D eigenvalue weighted by Crippen LogP contribution is 2.39. The van der Waals surface area contributed by atoms with Crippen LogP contribution in [0.3, 0.4) is 0 Å². The number of hydrogen-bond acceptors (Lipinski definition) is 4. The zero-order valence-corrected chi connectivity index (χ0v) is 15.8. The number of para-hydroxylation sites is 1. The first kappa shape index (κ1) is 17.4. The Hall–Kier alpha value is -1.98. The average molecular weight is 353 g/mol. The van der Waals surface area contributed by atoms with Crippen LogP contribution in [0.5, 0.6) is 0 Å². The Kier molecular flexibility index (Phi) is 4.67. The molecule has 2 fully saturated rings. The minimum absolute atomic E-state index is 0.0560. The number of ether oxygens (including phenoxy) is 1. The summed E-state index contributed by atoms with van der Waals surface area (Å²) in [4.78, 5) is 21.9. The summed E-state index contributed by atoms with van der Waals surface area (Å²) in [5, 5.41) is 1.07. The van der Waals surface area contributed by atoms with E-state index >= 15 is 0 Å². The van der Waals surface area contributed by atoms with Gasteiger partial charge in [0.05, 0.1) is 11.6 Å². The molecule has 1 aromatic heterocycles. The molecule has 5 heteroatoms. The fourth-order valence-corrected chi connectivity index (χ4v) is 4.70. The van der Waals surface area contributed by atoms with Crippen molar-refractivity contribution in [2.45, 2.75) is 25.0 Å². The van der Waals surface area contributed by atoms with Gasteiger partial charge < -0.3 is 14.5 Å². The van der Waals surface area contributed by atoms with Gasteiger partial charge >= 0.3 is 0 Å². The van der Waals surface area contributed by atoms with Gasteiger partial charge in [-0.1, -0.05) is 24.3 Å². The second kappa shape index (κ2) is 6.97. The predicted octanol–water partition coefficient (Wildman–Crippen LogP) is 2.66. The van der Waals surface area contributed by atoms with E-state index in [1.54, 1.807) is 7.11 Å². The van der Waals surface area contributed by atoms with Crippen molar-refractivity contribution in [2.75, 3.05) is 34.3 Å². The molecule has 1 saturated carbocycles. The highest BCUT2D eigenvalue weighted by molar-refractivity contribution is 5.95. The number of carbonyl (C=O) groups is 1. The van der Waals surface area contributed by atoms with Crippen LogP contribution in [-0.2, 0) is 4.74 Å². The van der Waals surface area contributed by atoms with Gasteiger partial charge in [0.15, 0.2) is 0 Å². The molecule has 26 heavy (non-hydrogen) atoms. The molecule has 1 aliphatic heterocycles. The highest BCUT2D eigenvalue weighted by Gasteiger charge is 2.44. The summed E-state index contributed by atoms with van der Waals surface area (Å²) >= 11 is 0. The van der Waals surface area contributed by atoms with Gasteiger partial charge in [0.25, 0.3) is 5.91 Å². The van der Waals surface area contributed by atoms with E-state index in [0.29, 0.717) is 23.6 Å². The molecule has 4 atom stereocenters. The maximum Gasteiger partial charge on any atom is 0.272 e. The summed E-state index contributed by atoms with van der Waals surface area (Å²) in [6.45, 7) is 1.65. The first-order valence-corrected chi connectivity index (χ1v) is 9.41. The molecule has 0 bridgehead atoms. The number of fused-ring (bicyclic) bond motifs is 2. The van der Waals surface area contributed by atoms with Crippen LogP contribution >= 0.6 is 0 Å². The number of aromatic nitrogens is 1. The lowest BCUT2D eigenvalue weighted by atomic mass is 9.77. The highest BCUT2D eigenvalue weighted by atomic mass is 16.5. The topological polar surface area (TPSA) is 45.7 Å². The Balaban J connectivity index is 1.51. The largest absolute Gasteiger partial charge is 0.380 e. The Bertz CT molecular complexity index is 807. The zero-order valence-electron chi connectivity index (χ0n) is 15.8. The van der Waals surface area contributed by atoms with E-state index in [1.807, 2.05) is 41.3 Å². The number of likely N-dealkylation sites (tertiary alicyclic amines) is 1. The van der Waals surface area contributed by atoms with Crippen molar-refractivity contribution in [3.05, 3.63) is 42.1 Å². The van der Waals surface area contributed by atoms with Crippen molar-refractivity contribution in [1.82, 2.24) is 14.8 Å².